The van der Waals surface area contributed by atoms with Crippen molar-refractivity contribution in [3.05, 3.63) is 48.6 Å². The van der Waals surface area contributed by atoms with Gasteiger partial charge in [-0.3, -0.25) is 4.79 Å². The maximum Gasteiger partial charge on any atom is 0.303 e. The number of aliphatic hydroxyl groups excluding tert-OH is 3. The average molecular weight is 395 g/mol. The lowest BCUT2D eigenvalue weighted by Crippen LogP contribution is -2.24. The van der Waals surface area contributed by atoms with Crippen molar-refractivity contribution in [2.24, 2.45) is 0 Å². The Morgan fingerprint density at radius 1 is 1.11 bits per heavy atom. The van der Waals surface area contributed by atoms with E-state index in [0.717, 1.165) is 6.42 Å². The van der Waals surface area contributed by atoms with Crippen molar-refractivity contribution in [1.29, 1.82) is 0 Å². The molecular formula is C22H34O6. The van der Waals surface area contributed by atoms with E-state index in [1.165, 1.54) is 6.08 Å². The van der Waals surface area contributed by atoms with Gasteiger partial charge in [0.05, 0.1) is 30.5 Å². The number of ether oxygens (including phenoxy) is 1. The van der Waals surface area contributed by atoms with E-state index < -0.39 is 30.4 Å². The Morgan fingerprint density at radius 2 is 1.86 bits per heavy atom. The molecule has 6 heteroatoms. The maximum atomic E-state index is 10.4. The van der Waals surface area contributed by atoms with Gasteiger partial charge >= 0.3 is 5.97 Å². The van der Waals surface area contributed by atoms with Gasteiger partial charge in [0.25, 0.3) is 0 Å². The molecule has 158 valence electrons. The third kappa shape index (κ3) is 10.6. The normalized spacial score (nSPS) is 25.5. The first-order valence-corrected chi connectivity index (χ1v) is 9.98. The smallest absolute Gasteiger partial charge is 0.303 e. The Kier molecular flexibility index (Phi) is 12.4. The summed E-state index contributed by atoms with van der Waals surface area (Å²) in [6.07, 6.45) is 15.2. The second kappa shape index (κ2) is 14.3. The largest absolute Gasteiger partial charge is 0.481 e. The van der Waals surface area contributed by atoms with Gasteiger partial charge in [-0.05, 0) is 32.1 Å². The van der Waals surface area contributed by atoms with Crippen molar-refractivity contribution in [2.75, 3.05) is 0 Å². The molecule has 4 N–H and O–H groups in total. The highest BCUT2D eigenvalue weighted by atomic mass is 16.5. The molecule has 0 aromatic heterocycles. The molecule has 0 spiro atoms. The van der Waals surface area contributed by atoms with Crippen molar-refractivity contribution in [3.63, 3.8) is 0 Å². The lowest BCUT2D eigenvalue weighted by atomic mass is 10.0. The predicted molar refractivity (Wildman–Crippen MR) is 109 cm³/mol. The van der Waals surface area contributed by atoms with E-state index >= 15 is 0 Å². The van der Waals surface area contributed by atoms with Crippen molar-refractivity contribution < 1.29 is 30.0 Å². The summed E-state index contributed by atoms with van der Waals surface area (Å²) in [6.45, 7) is 2.02. The van der Waals surface area contributed by atoms with Crippen molar-refractivity contribution >= 4 is 5.97 Å². The summed E-state index contributed by atoms with van der Waals surface area (Å²) in [5.41, 5.74) is 0. The number of carboxylic acids is 1. The lowest BCUT2D eigenvalue weighted by Gasteiger charge is -2.16. The molecule has 0 aromatic carbocycles. The zero-order valence-corrected chi connectivity index (χ0v) is 16.6. The molecule has 1 heterocycles. The fourth-order valence-corrected chi connectivity index (χ4v) is 2.87. The highest BCUT2D eigenvalue weighted by Crippen LogP contribution is 2.26. The minimum Gasteiger partial charge on any atom is -0.481 e. The van der Waals surface area contributed by atoms with Gasteiger partial charge in [0, 0.05) is 12.8 Å². The first-order chi connectivity index (χ1) is 13.4. The first-order valence-electron chi connectivity index (χ1n) is 9.98. The Bertz CT molecular complexity index is 551. The zero-order valence-electron chi connectivity index (χ0n) is 16.6. The molecule has 0 radical (unpaired) electrons. The molecule has 0 unspecified atom stereocenters. The molecule has 0 bridgehead atoms. The van der Waals surface area contributed by atoms with E-state index in [2.05, 4.69) is 0 Å². The number of carboxylic acid groups (broad SMARTS) is 1. The van der Waals surface area contributed by atoms with Crippen LogP contribution in [0.15, 0.2) is 48.6 Å². The van der Waals surface area contributed by atoms with Crippen LogP contribution >= 0.6 is 0 Å². The van der Waals surface area contributed by atoms with Crippen LogP contribution in [0.1, 0.15) is 51.9 Å². The summed E-state index contributed by atoms with van der Waals surface area (Å²) in [6, 6.07) is 0. The highest BCUT2D eigenvalue weighted by Gasteiger charge is 2.36. The van der Waals surface area contributed by atoms with Crippen LogP contribution in [0.4, 0.5) is 0 Å². The molecule has 0 aliphatic carbocycles. The molecule has 1 aliphatic heterocycles. The van der Waals surface area contributed by atoms with Crippen molar-refractivity contribution in [2.45, 2.75) is 82.4 Å². The van der Waals surface area contributed by atoms with Crippen LogP contribution in [-0.4, -0.2) is 56.9 Å². The fourth-order valence-electron chi connectivity index (χ4n) is 2.87. The number of carbonyl (C=O) groups is 1. The Hall–Kier alpha value is -1.73. The van der Waals surface area contributed by atoms with E-state index in [1.54, 1.807) is 6.08 Å². The third-order valence-corrected chi connectivity index (χ3v) is 4.44. The maximum absolute atomic E-state index is 10.4. The van der Waals surface area contributed by atoms with Crippen molar-refractivity contribution in [1.82, 2.24) is 0 Å². The number of allylic oxidation sites excluding steroid dienone is 4. The summed E-state index contributed by atoms with van der Waals surface area (Å²) in [5, 5.41) is 38.7. The van der Waals surface area contributed by atoms with Gasteiger partial charge in [-0.25, -0.2) is 0 Å². The molecule has 0 amide bonds. The average Bonchev–Trinajstić information content (AvgIpc) is 3.02. The van der Waals surface area contributed by atoms with E-state index in [4.69, 9.17) is 9.84 Å². The van der Waals surface area contributed by atoms with Gasteiger partial charge in [0.2, 0.25) is 0 Å². The molecule has 1 saturated heterocycles. The number of aliphatic carboxylic acids is 1. The summed E-state index contributed by atoms with van der Waals surface area (Å²) >= 11 is 0. The van der Waals surface area contributed by atoms with Gasteiger partial charge in [-0.15, -0.1) is 0 Å². The molecule has 5 atom stereocenters. The topological polar surface area (TPSA) is 107 Å². The minimum absolute atomic E-state index is 0.132. The van der Waals surface area contributed by atoms with Crippen molar-refractivity contribution in [3.8, 4) is 0 Å². The molecular weight excluding hydrogens is 360 g/mol. The second-order valence-corrected chi connectivity index (χ2v) is 6.92. The van der Waals surface area contributed by atoms with Crippen LogP contribution in [-0.2, 0) is 9.53 Å². The molecule has 1 aliphatic rings. The van der Waals surface area contributed by atoms with Gasteiger partial charge in [0.1, 0.15) is 0 Å². The van der Waals surface area contributed by atoms with Gasteiger partial charge in [-0.1, -0.05) is 55.5 Å². The SMILES string of the molecule is CC/C=C\C[C@H](O)/C=C/[C@@H](O)[C@@H]1C[C@@H](O)[C@@H](C/C=C\C/C=C\CCC(=O)O)O1. The first kappa shape index (κ1) is 24.3. The lowest BCUT2D eigenvalue weighted by molar-refractivity contribution is -0.136. The molecule has 1 rings (SSSR count). The van der Waals surface area contributed by atoms with Crippen LogP contribution < -0.4 is 0 Å². The second-order valence-electron chi connectivity index (χ2n) is 6.92. The van der Waals surface area contributed by atoms with E-state index in [0.29, 0.717) is 32.1 Å². The zero-order chi connectivity index (χ0) is 20.8. The van der Waals surface area contributed by atoms with E-state index in [-0.39, 0.29) is 12.5 Å². The number of aliphatic hydroxyl groups is 3. The molecule has 28 heavy (non-hydrogen) atoms. The molecule has 0 aromatic rings. The predicted octanol–water partition coefficient (Wildman–Crippen LogP) is 2.90. The standard InChI is InChI=1S/C22H34O6/c1-2-3-8-11-17(23)14-15-18(24)21-16-19(25)20(28-21)12-9-6-4-5-7-10-13-22(26)27/h3,5-9,14-15,17-21,23-25H,2,4,10-13,16H2,1H3,(H,26,27)/b7-5-,8-3-,9-6-,15-14+/t17-,18+,19+,20+,21-/m0/s1. The van der Waals surface area contributed by atoms with Gasteiger partial charge in [-0.2, -0.15) is 0 Å². The van der Waals surface area contributed by atoms with Crippen LogP contribution in [0.3, 0.4) is 0 Å². The monoisotopic (exact) mass is 394 g/mol. The Morgan fingerprint density at radius 3 is 2.57 bits per heavy atom. The summed E-state index contributed by atoms with van der Waals surface area (Å²) in [4.78, 5) is 10.4. The summed E-state index contributed by atoms with van der Waals surface area (Å²) in [5.74, 6) is -0.804. The number of hydrogen-bond acceptors (Lipinski definition) is 5. The fraction of sp³-hybridized carbons (Fsp3) is 0.591. The molecule has 6 nitrogen and oxygen atoms in total. The Balaban J connectivity index is 2.32. The molecule has 0 saturated carbocycles. The van der Waals surface area contributed by atoms with E-state index in [9.17, 15) is 20.1 Å². The van der Waals surface area contributed by atoms with Gasteiger partial charge < -0.3 is 25.2 Å². The van der Waals surface area contributed by atoms with E-state index in [1.807, 2.05) is 43.4 Å². The van der Waals surface area contributed by atoms with Gasteiger partial charge in [0.15, 0.2) is 0 Å². The van der Waals surface area contributed by atoms with Crippen LogP contribution in [0.2, 0.25) is 0 Å². The minimum atomic E-state index is -0.870. The highest BCUT2D eigenvalue weighted by molar-refractivity contribution is 5.66. The van der Waals surface area contributed by atoms with Crippen LogP contribution in [0.5, 0.6) is 0 Å². The quantitative estimate of drug-likeness (QED) is 0.358. The number of hydrogen-bond donors (Lipinski definition) is 4. The van der Waals surface area contributed by atoms with Crippen LogP contribution in [0.25, 0.3) is 0 Å². The summed E-state index contributed by atoms with van der Waals surface area (Å²) < 4.78 is 5.76. The van der Waals surface area contributed by atoms with Crippen LogP contribution in [0, 0.1) is 0 Å². The Labute approximate surface area is 167 Å². The third-order valence-electron chi connectivity index (χ3n) is 4.44. The molecule has 1 fully saturated rings. The summed E-state index contributed by atoms with van der Waals surface area (Å²) in [7, 11) is 0. The number of rotatable bonds is 13.